The highest BCUT2D eigenvalue weighted by molar-refractivity contribution is 9.10. The van der Waals surface area contributed by atoms with Crippen LogP contribution in [-0.4, -0.2) is 9.78 Å². The second-order valence-electron chi connectivity index (χ2n) is 5.56. The summed E-state index contributed by atoms with van der Waals surface area (Å²) in [5.41, 5.74) is 4.47. The van der Waals surface area contributed by atoms with Crippen molar-refractivity contribution in [1.82, 2.24) is 15.2 Å². The molecule has 1 aromatic heterocycles. The summed E-state index contributed by atoms with van der Waals surface area (Å²) in [6.45, 7) is 5.44. The molecule has 1 aliphatic rings. The highest BCUT2D eigenvalue weighted by Crippen LogP contribution is 2.48. The van der Waals surface area contributed by atoms with Gasteiger partial charge >= 0.3 is 0 Å². The van der Waals surface area contributed by atoms with E-state index < -0.39 is 0 Å². The third-order valence-electron chi connectivity index (χ3n) is 4.15. The number of hydrogen-bond acceptors (Lipinski definition) is 3. The number of nitrogens with one attached hydrogen (secondary N) is 1. The molecule has 4 nitrogen and oxygen atoms in total. The molecule has 0 bridgehead atoms. The van der Waals surface area contributed by atoms with Crippen LogP contribution in [-0.2, 0) is 6.54 Å². The topological polar surface area (TPSA) is 55.9 Å². The molecule has 18 heavy (non-hydrogen) atoms. The average Bonchev–Trinajstić information content (AvgIpc) is 2.92. The van der Waals surface area contributed by atoms with Crippen molar-refractivity contribution >= 4 is 15.9 Å². The van der Waals surface area contributed by atoms with Crippen molar-refractivity contribution in [2.45, 2.75) is 58.5 Å². The van der Waals surface area contributed by atoms with Gasteiger partial charge in [-0.15, -0.1) is 0 Å². The lowest BCUT2D eigenvalue weighted by Crippen LogP contribution is -2.40. The van der Waals surface area contributed by atoms with Crippen molar-refractivity contribution in [3.05, 3.63) is 16.4 Å². The SMILES string of the molecule is CCCn1ncc(Br)c1C(NN)C1(C)CCCC1. The molecule has 1 atom stereocenters. The fourth-order valence-electron chi connectivity index (χ4n) is 3.13. The van der Waals surface area contributed by atoms with Gasteiger partial charge in [-0.25, -0.2) is 0 Å². The van der Waals surface area contributed by atoms with Crippen LogP contribution in [0.5, 0.6) is 0 Å². The quantitative estimate of drug-likeness (QED) is 0.648. The van der Waals surface area contributed by atoms with Crippen molar-refractivity contribution in [3.63, 3.8) is 0 Å². The van der Waals surface area contributed by atoms with E-state index in [2.05, 4.69) is 45.0 Å². The minimum absolute atomic E-state index is 0.170. The first-order chi connectivity index (χ1) is 8.62. The smallest absolute Gasteiger partial charge is 0.0714 e. The Balaban J connectivity index is 2.34. The largest absolute Gasteiger partial charge is 0.271 e. The van der Waals surface area contributed by atoms with Crippen LogP contribution in [0.1, 0.15) is 57.7 Å². The summed E-state index contributed by atoms with van der Waals surface area (Å²) in [5, 5.41) is 4.45. The Bertz CT molecular complexity index is 396. The molecule has 0 spiro atoms. The minimum atomic E-state index is 0.170. The molecule has 5 heteroatoms. The highest BCUT2D eigenvalue weighted by Gasteiger charge is 2.39. The van der Waals surface area contributed by atoms with Gasteiger partial charge in [0, 0.05) is 6.54 Å². The maximum atomic E-state index is 5.85. The van der Waals surface area contributed by atoms with Crippen LogP contribution in [0.4, 0.5) is 0 Å². The van der Waals surface area contributed by atoms with Gasteiger partial charge < -0.3 is 0 Å². The summed E-state index contributed by atoms with van der Waals surface area (Å²) in [4.78, 5) is 0. The van der Waals surface area contributed by atoms with Crippen molar-refractivity contribution in [2.75, 3.05) is 0 Å². The number of nitrogens with zero attached hydrogens (tertiary/aromatic N) is 2. The lowest BCUT2D eigenvalue weighted by Gasteiger charge is -2.34. The summed E-state index contributed by atoms with van der Waals surface area (Å²) in [6, 6.07) is 0.170. The summed E-state index contributed by atoms with van der Waals surface area (Å²) < 4.78 is 3.14. The summed E-state index contributed by atoms with van der Waals surface area (Å²) in [5.74, 6) is 5.85. The zero-order valence-electron chi connectivity index (χ0n) is 11.2. The van der Waals surface area contributed by atoms with Crippen LogP contribution < -0.4 is 11.3 Å². The second kappa shape index (κ2) is 5.72. The van der Waals surface area contributed by atoms with E-state index in [-0.39, 0.29) is 11.5 Å². The summed E-state index contributed by atoms with van der Waals surface area (Å²) in [6.07, 6.45) is 8.02. The predicted molar refractivity (Wildman–Crippen MR) is 76.9 cm³/mol. The normalized spacial score (nSPS) is 20.2. The van der Waals surface area contributed by atoms with Crippen molar-refractivity contribution in [3.8, 4) is 0 Å². The molecule has 0 aromatic carbocycles. The molecular formula is C13H23BrN4. The van der Waals surface area contributed by atoms with Crippen molar-refractivity contribution < 1.29 is 0 Å². The molecule has 0 radical (unpaired) electrons. The Labute approximate surface area is 117 Å². The van der Waals surface area contributed by atoms with Gasteiger partial charge in [-0.2, -0.15) is 5.10 Å². The standard InChI is InChI=1S/C13H23BrN4/c1-3-8-18-11(10(14)9-16-18)12(17-15)13(2)6-4-5-7-13/h9,12,17H,3-8,15H2,1-2H3. The van der Waals surface area contributed by atoms with Gasteiger partial charge in [0.2, 0.25) is 0 Å². The molecule has 1 heterocycles. The van der Waals surface area contributed by atoms with E-state index in [0.29, 0.717) is 0 Å². The van der Waals surface area contributed by atoms with Gasteiger partial charge in [-0.3, -0.25) is 16.0 Å². The summed E-state index contributed by atoms with van der Waals surface area (Å²) >= 11 is 3.62. The van der Waals surface area contributed by atoms with E-state index in [1.54, 1.807) is 0 Å². The van der Waals surface area contributed by atoms with Gasteiger partial charge in [0.15, 0.2) is 0 Å². The van der Waals surface area contributed by atoms with Crippen LogP contribution >= 0.6 is 15.9 Å². The van der Waals surface area contributed by atoms with Crippen LogP contribution in [0.3, 0.4) is 0 Å². The van der Waals surface area contributed by atoms with Crippen LogP contribution in [0.15, 0.2) is 10.7 Å². The molecule has 0 amide bonds. The number of aromatic nitrogens is 2. The maximum absolute atomic E-state index is 5.85. The van der Waals surface area contributed by atoms with E-state index in [4.69, 9.17) is 5.84 Å². The fourth-order valence-corrected chi connectivity index (χ4v) is 3.66. The molecule has 1 saturated carbocycles. The maximum Gasteiger partial charge on any atom is 0.0714 e. The number of rotatable bonds is 5. The Morgan fingerprint density at radius 3 is 2.78 bits per heavy atom. The number of hydrazine groups is 1. The molecule has 1 unspecified atom stereocenters. The Morgan fingerprint density at radius 1 is 1.56 bits per heavy atom. The molecule has 102 valence electrons. The van der Waals surface area contributed by atoms with Gasteiger partial charge in [0.25, 0.3) is 0 Å². The monoisotopic (exact) mass is 314 g/mol. The number of aryl methyl sites for hydroxylation is 1. The lowest BCUT2D eigenvalue weighted by atomic mass is 9.79. The van der Waals surface area contributed by atoms with E-state index in [1.165, 1.54) is 31.4 Å². The Hall–Kier alpha value is -0.390. The molecule has 0 saturated heterocycles. The first-order valence-electron chi connectivity index (χ1n) is 6.79. The first-order valence-corrected chi connectivity index (χ1v) is 7.59. The number of hydrogen-bond donors (Lipinski definition) is 2. The lowest BCUT2D eigenvalue weighted by molar-refractivity contribution is 0.213. The Kier molecular flexibility index (Phi) is 4.45. The van der Waals surface area contributed by atoms with Crippen LogP contribution in [0, 0.1) is 5.41 Å². The summed E-state index contributed by atoms with van der Waals surface area (Å²) in [7, 11) is 0. The molecular weight excluding hydrogens is 292 g/mol. The fraction of sp³-hybridized carbons (Fsp3) is 0.769. The molecule has 1 aromatic rings. The van der Waals surface area contributed by atoms with E-state index in [0.717, 1.165) is 17.4 Å². The first kappa shape index (κ1) is 14.0. The third kappa shape index (κ3) is 2.49. The van der Waals surface area contributed by atoms with Crippen molar-refractivity contribution in [2.24, 2.45) is 11.3 Å². The van der Waals surface area contributed by atoms with E-state index in [9.17, 15) is 0 Å². The number of halogens is 1. The highest BCUT2D eigenvalue weighted by atomic mass is 79.9. The zero-order chi connectivity index (χ0) is 13.2. The van der Waals surface area contributed by atoms with Gasteiger partial charge in [0.05, 0.1) is 22.4 Å². The molecule has 1 aliphatic carbocycles. The molecule has 1 fully saturated rings. The van der Waals surface area contributed by atoms with E-state index >= 15 is 0 Å². The third-order valence-corrected chi connectivity index (χ3v) is 4.76. The second-order valence-corrected chi connectivity index (χ2v) is 6.42. The predicted octanol–water partition coefficient (Wildman–Crippen LogP) is 3.14. The van der Waals surface area contributed by atoms with Crippen LogP contribution in [0.25, 0.3) is 0 Å². The van der Waals surface area contributed by atoms with Crippen LogP contribution in [0.2, 0.25) is 0 Å². The van der Waals surface area contributed by atoms with Gasteiger partial charge in [0.1, 0.15) is 0 Å². The number of nitrogens with two attached hydrogens (primary N) is 1. The van der Waals surface area contributed by atoms with Gasteiger partial charge in [-0.05, 0) is 40.6 Å². The minimum Gasteiger partial charge on any atom is -0.271 e. The van der Waals surface area contributed by atoms with Gasteiger partial charge in [-0.1, -0.05) is 26.7 Å². The average molecular weight is 315 g/mol. The van der Waals surface area contributed by atoms with Crippen molar-refractivity contribution in [1.29, 1.82) is 0 Å². The Morgan fingerprint density at radius 2 is 2.22 bits per heavy atom. The molecule has 3 N–H and O–H groups in total. The molecule has 0 aliphatic heterocycles. The molecule has 2 rings (SSSR count). The zero-order valence-corrected chi connectivity index (χ0v) is 12.8. The van der Waals surface area contributed by atoms with E-state index in [1.807, 2.05) is 6.20 Å².